The number of likely N-dealkylation sites (tertiary alicyclic amines) is 1. The van der Waals surface area contributed by atoms with E-state index in [1.807, 2.05) is 0 Å². The zero-order chi connectivity index (χ0) is 12.0. The lowest BCUT2D eigenvalue weighted by molar-refractivity contribution is 0.00611. The summed E-state index contributed by atoms with van der Waals surface area (Å²) in [4.78, 5) is 2.57. The molecule has 16 heavy (non-hydrogen) atoms. The number of methoxy groups -OCH3 is 1. The Hall–Kier alpha value is -0.120. The van der Waals surface area contributed by atoms with E-state index < -0.39 is 0 Å². The summed E-state index contributed by atoms with van der Waals surface area (Å²) in [5, 5.41) is 8.87. The van der Waals surface area contributed by atoms with Crippen molar-refractivity contribution in [2.24, 2.45) is 0 Å². The van der Waals surface area contributed by atoms with Crippen molar-refractivity contribution in [1.29, 1.82) is 0 Å². The molecule has 0 aromatic heterocycles. The molecule has 1 heterocycles. The summed E-state index contributed by atoms with van der Waals surface area (Å²) in [7, 11) is 1.78. The fraction of sp³-hybridized carbons (Fsp3) is 1.00. The molecule has 3 heteroatoms. The first kappa shape index (κ1) is 13.9. The van der Waals surface area contributed by atoms with Crippen LogP contribution in [0.2, 0.25) is 0 Å². The Labute approximate surface area is 99.8 Å². The van der Waals surface area contributed by atoms with Gasteiger partial charge in [0.1, 0.15) is 0 Å². The van der Waals surface area contributed by atoms with Gasteiger partial charge >= 0.3 is 0 Å². The third-order valence-corrected chi connectivity index (χ3v) is 3.75. The molecule has 0 aliphatic carbocycles. The molecule has 1 rings (SSSR count). The van der Waals surface area contributed by atoms with Crippen LogP contribution in [0.3, 0.4) is 0 Å². The van der Waals surface area contributed by atoms with Crippen LogP contribution in [0.25, 0.3) is 0 Å². The number of nitrogens with zero attached hydrogens (tertiary/aromatic N) is 1. The second-order valence-corrected chi connectivity index (χ2v) is 5.41. The molecule has 0 radical (unpaired) electrons. The lowest BCUT2D eigenvalue weighted by Gasteiger charge is -2.29. The van der Waals surface area contributed by atoms with Crippen molar-refractivity contribution in [3.05, 3.63) is 0 Å². The number of rotatable bonds is 7. The van der Waals surface area contributed by atoms with Gasteiger partial charge in [-0.25, -0.2) is 0 Å². The van der Waals surface area contributed by atoms with Crippen LogP contribution in [-0.2, 0) is 4.74 Å². The molecular formula is C13H27NO2. The Bertz CT molecular complexity index is 194. The first-order chi connectivity index (χ1) is 7.59. The first-order valence-corrected chi connectivity index (χ1v) is 6.49. The van der Waals surface area contributed by atoms with Gasteiger partial charge in [-0.2, -0.15) is 0 Å². The smallest absolute Gasteiger partial charge is 0.0634 e. The summed E-state index contributed by atoms with van der Waals surface area (Å²) < 4.78 is 5.45. The number of aliphatic hydroxyl groups excluding tert-OH is 1. The maximum Gasteiger partial charge on any atom is 0.0634 e. The fourth-order valence-corrected chi connectivity index (χ4v) is 2.36. The summed E-state index contributed by atoms with van der Waals surface area (Å²) in [5.74, 6) is 0. The number of aliphatic hydroxyl groups is 1. The van der Waals surface area contributed by atoms with Crippen LogP contribution in [0.4, 0.5) is 0 Å². The highest BCUT2D eigenvalue weighted by Crippen LogP contribution is 2.23. The van der Waals surface area contributed by atoms with Gasteiger partial charge in [0.15, 0.2) is 0 Å². The first-order valence-electron chi connectivity index (χ1n) is 6.49. The van der Waals surface area contributed by atoms with Gasteiger partial charge in [0, 0.05) is 26.3 Å². The normalized spacial score (nSPS) is 22.9. The van der Waals surface area contributed by atoms with Gasteiger partial charge in [-0.3, -0.25) is 0 Å². The molecule has 0 aromatic rings. The molecule has 1 atom stereocenters. The van der Waals surface area contributed by atoms with E-state index in [-0.39, 0.29) is 5.60 Å². The quantitative estimate of drug-likeness (QED) is 0.725. The van der Waals surface area contributed by atoms with E-state index in [2.05, 4.69) is 18.7 Å². The van der Waals surface area contributed by atoms with E-state index in [9.17, 15) is 0 Å². The van der Waals surface area contributed by atoms with Crippen LogP contribution >= 0.6 is 0 Å². The Kier molecular flexibility index (Phi) is 5.73. The molecule has 0 bridgehead atoms. The predicted octanol–water partition coefficient (Wildman–Crippen LogP) is 2.04. The molecule has 1 saturated heterocycles. The van der Waals surface area contributed by atoms with E-state index in [1.54, 1.807) is 7.11 Å². The maximum absolute atomic E-state index is 8.87. The Morgan fingerprint density at radius 2 is 2.19 bits per heavy atom. The van der Waals surface area contributed by atoms with Crippen molar-refractivity contribution < 1.29 is 9.84 Å². The highest BCUT2D eigenvalue weighted by Gasteiger charge is 2.26. The second-order valence-electron chi connectivity index (χ2n) is 5.41. The van der Waals surface area contributed by atoms with Crippen LogP contribution in [0, 0.1) is 0 Å². The van der Waals surface area contributed by atoms with Gasteiger partial charge < -0.3 is 14.7 Å². The monoisotopic (exact) mass is 229 g/mol. The van der Waals surface area contributed by atoms with Crippen molar-refractivity contribution in [3.63, 3.8) is 0 Å². The van der Waals surface area contributed by atoms with E-state index >= 15 is 0 Å². The molecule has 1 aliphatic rings. The number of ether oxygens (including phenoxy) is 1. The number of hydrogen-bond donors (Lipinski definition) is 1. The molecule has 1 N–H and O–H groups in total. The van der Waals surface area contributed by atoms with Crippen LogP contribution in [0.15, 0.2) is 0 Å². The standard InChI is InChI=1S/C13H27NO2/c1-13(2,16-3)8-10-14-9-4-6-12(14)7-5-11-15/h12,15H,4-11H2,1-3H3. The van der Waals surface area contributed by atoms with Crippen LogP contribution in [0.5, 0.6) is 0 Å². The average Bonchev–Trinajstić information content (AvgIpc) is 2.71. The van der Waals surface area contributed by atoms with Crippen LogP contribution < -0.4 is 0 Å². The van der Waals surface area contributed by atoms with E-state index in [1.165, 1.54) is 19.4 Å². The highest BCUT2D eigenvalue weighted by molar-refractivity contribution is 4.81. The summed E-state index contributed by atoms with van der Waals surface area (Å²) in [6.07, 6.45) is 5.77. The lowest BCUT2D eigenvalue weighted by Crippen LogP contribution is -2.35. The molecule has 3 nitrogen and oxygen atoms in total. The molecule has 0 saturated carbocycles. The minimum Gasteiger partial charge on any atom is -0.396 e. The Morgan fingerprint density at radius 1 is 1.44 bits per heavy atom. The van der Waals surface area contributed by atoms with E-state index in [4.69, 9.17) is 9.84 Å². The molecule has 0 spiro atoms. The average molecular weight is 229 g/mol. The van der Waals surface area contributed by atoms with Gasteiger partial charge in [0.05, 0.1) is 5.60 Å². The molecule has 96 valence electrons. The predicted molar refractivity (Wildman–Crippen MR) is 66.6 cm³/mol. The molecule has 1 unspecified atom stereocenters. The highest BCUT2D eigenvalue weighted by atomic mass is 16.5. The second kappa shape index (κ2) is 6.58. The van der Waals surface area contributed by atoms with Crippen LogP contribution in [0.1, 0.15) is 46.0 Å². The van der Waals surface area contributed by atoms with Crippen molar-refractivity contribution in [1.82, 2.24) is 4.90 Å². The molecular weight excluding hydrogens is 202 g/mol. The Morgan fingerprint density at radius 3 is 2.81 bits per heavy atom. The minimum atomic E-state index is -0.00980. The summed E-state index contributed by atoms with van der Waals surface area (Å²) in [6, 6.07) is 0.694. The molecule has 1 fully saturated rings. The summed E-state index contributed by atoms with van der Waals surface area (Å²) >= 11 is 0. The zero-order valence-corrected chi connectivity index (χ0v) is 11.0. The van der Waals surface area contributed by atoms with Crippen molar-refractivity contribution >= 4 is 0 Å². The topological polar surface area (TPSA) is 32.7 Å². The largest absolute Gasteiger partial charge is 0.396 e. The van der Waals surface area contributed by atoms with E-state index in [0.29, 0.717) is 12.6 Å². The lowest BCUT2D eigenvalue weighted by atomic mass is 10.0. The Balaban J connectivity index is 2.29. The molecule has 0 aromatic carbocycles. The maximum atomic E-state index is 8.87. The van der Waals surface area contributed by atoms with Gasteiger partial charge in [-0.1, -0.05) is 0 Å². The number of hydrogen-bond acceptors (Lipinski definition) is 3. The van der Waals surface area contributed by atoms with Crippen LogP contribution in [-0.4, -0.2) is 48.5 Å². The third-order valence-electron chi connectivity index (χ3n) is 3.75. The van der Waals surface area contributed by atoms with Gasteiger partial charge in [-0.05, 0) is 52.5 Å². The summed E-state index contributed by atoms with van der Waals surface area (Å²) in [5.41, 5.74) is -0.00980. The van der Waals surface area contributed by atoms with Crippen molar-refractivity contribution in [2.45, 2.75) is 57.6 Å². The SMILES string of the molecule is COC(C)(C)CCN1CCCC1CCCO. The van der Waals surface area contributed by atoms with Crippen molar-refractivity contribution in [3.8, 4) is 0 Å². The molecule has 1 aliphatic heterocycles. The van der Waals surface area contributed by atoms with E-state index in [0.717, 1.165) is 25.8 Å². The van der Waals surface area contributed by atoms with Gasteiger partial charge in [-0.15, -0.1) is 0 Å². The van der Waals surface area contributed by atoms with Gasteiger partial charge in [0.25, 0.3) is 0 Å². The summed E-state index contributed by atoms with van der Waals surface area (Å²) in [6.45, 7) is 6.96. The zero-order valence-electron chi connectivity index (χ0n) is 11.0. The van der Waals surface area contributed by atoms with Crippen molar-refractivity contribution in [2.75, 3.05) is 26.8 Å². The third kappa shape index (κ3) is 4.40. The van der Waals surface area contributed by atoms with Gasteiger partial charge in [0.2, 0.25) is 0 Å². The minimum absolute atomic E-state index is 0.00980. The molecule has 0 amide bonds. The fourth-order valence-electron chi connectivity index (χ4n) is 2.36.